The van der Waals surface area contributed by atoms with Crippen molar-refractivity contribution in [1.82, 2.24) is 4.90 Å². The van der Waals surface area contributed by atoms with Crippen LogP contribution < -0.4 is 0 Å². The van der Waals surface area contributed by atoms with E-state index in [0.29, 0.717) is 16.6 Å². The third-order valence-electron chi connectivity index (χ3n) is 3.32. The molecule has 2 rings (SSSR count). The lowest BCUT2D eigenvalue weighted by molar-refractivity contribution is 0.0462. The summed E-state index contributed by atoms with van der Waals surface area (Å²) in [5.41, 5.74) is 0.0918. The summed E-state index contributed by atoms with van der Waals surface area (Å²) in [7, 11) is 0. The van der Waals surface area contributed by atoms with Crippen LogP contribution in [0, 0.1) is 0 Å². The Balaban J connectivity index is 2.18. The fraction of sp³-hybridized carbons (Fsp3) is 0.538. The van der Waals surface area contributed by atoms with Gasteiger partial charge in [-0.05, 0) is 37.1 Å². The van der Waals surface area contributed by atoms with E-state index in [2.05, 4.69) is 11.8 Å². The van der Waals surface area contributed by atoms with E-state index >= 15 is 0 Å². The van der Waals surface area contributed by atoms with Crippen LogP contribution in [0.25, 0.3) is 0 Å². The first-order valence-corrected chi connectivity index (χ1v) is 6.71. The Morgan fingerprint density at radius 1 is 1.35 bits per heavy atom. The second-order valence-corrected chi connectivity index (χ2v) is 5.50. The third-order valence-corrected chi connectivity index (χ3v) is 4.06. The van der Waals surface area contributed by atoms with Crippen LogP contribution in [0.5, 0.6) is 0 Å². The topological polar surface area (TPSA) is 23.5 Å². The molecule has 1 unspecified atom stereocenters. The molecule has 0 aromatic heterocycles. The molecule has 0 aliphatic carbocycles. The Morgan fingerprint density at radius 3 is 2.76 bits per heavy atom. The van der Waals surface area contributed by atoms with Crippen molar-refractivity contribution >= 4 is 23.2 Å². The average molecular weight is 274 g/mol. The maximum atomic E-state index is 10.6. The molecule has 1 fully saturated rings. The van der Waals surface area contributed by atoms with Crippen LogP contribution in [-0.4, -0.2) is 29.6 Å². The Bertz CT molecular complexity index is 410. The molecule has 1 N–H and O–H groups in total. The summed E-state index contributed by atoms with van der Waals surface area (Å²) < 4.78 is 0. The minimum absolute atomic E-state index is 0.506. The van der Waals surface area contributed by atoms with Crippen LogP contribution in [-0.2, 0) is 5.60 Å². The van der Waals surface area contributed by atoms with E-state index in [1.807, 2.05) is 6.07 Å². The van der Waals surface area contributed by atoms with Gasteiger partial charge in [0.25, 0.3) is 0 Å². The average Bonchev–Trinajstić information content (AvgIpc) is 2.66. The van der Waals surface area contributed by atoms with Gasteiger partial charge in [-0.25, -0.2) is 0 Å². The quantitative estimate of drug-likeness (QED) is 0.914. The van der Waals surface area contributed by atoms with Crippen molar-refractivity contribution in [2.75, 3.05) is 19.6 Å². The van der Waals surface area contributed by atoms with Gasteiger partial charge in [0.05, 0.1) is 10.0 Å². The standard InChI is InChI=1S/C13H17Cl2NO/c1-2-6-16-7-5-13(17,9-16)10-3-4-11(14)12(15)8-10/h3-4,8,17H,2,5-7,9H2,1H3. The van der Waals surface area contributed by atoms with Crippen LogP contribution in [0.2, 0.25) is 10.0 Å². The molecule has 1 aromatic carbocycles. The summed E-state index contributed by atoms with van der Waals surface area (Å²) in [6, 6.07) is 5.39. The summed E-state index contributed by atoms with van der Waals surface area (Å²) >= 11 is 11.9. The van der Waals surface area contributed by atoms with E-state index in [0.717, 1.165) is 31.5 Å². The number of rotatable bonds is 3. The summed E-state index contributed by atoms with van der Waals surface area (Å²) in [6.07, 6.45) is 1.86. The van der Waals surface area contributed by atoms with E-state index < -0.39 is 5.60 Å². The van der Waals surface area contributed by atoms with Gasteiger partial charge in [-0.3, -0.25) is 0 Å². The van der Waals surface area contributed by atoms with Gasteiger partial charge in [-0.15, -0.1) is 0 Å². The van der Waals surface area contributed by atoms with Crippen molar-refractivity contribution in [1.29, 1.82) is 0 Å². The van der Waals surface area contributed by atoms with Gasteiger partial charge in [-0.2, -0.15) is 0 Å². The van der Waals surface area contributed by atoms with Crippen molar-refractivity contribution in [3.63, 3.8) is 0 Å². The molecule has 1 aromatic rings. The molecule has 2 nitrogen and oxygen atoms in total. The zero-order valence-electron chi connectivity index (χ0n) is 9.92. The number of nitrogens with zero attached hydrogens (tertiary/aromatic N) is 1. The second kappa shape index (κ2) is 5.15. The first-order valence-electron chi connectivity index (χ1n) is 5.95. The molecule has 0 bridgehead atoms. The smallest absolute Gasteiger partial charge is 0.104 e. The Kier molecular flexibility index (Phi) is 3.99. The van der Waals surface area contributed by atoms with E-state index in [4.69, 9.17) is 23.2 Å². The summed E-state index contributed by atoms with van der Waals surface area (Å²) in [4.78, 5) is 2.28. The maximum Gasteiger partial charge on any atom is 0.104 e. The van der Waals surface area contributed by atoms with Gasteiger partial charge in [0, 0.05) is 13.1 Å². The minimum Gasteiger partial charge on any atom is -0.384 e. The molecule has 1 aliphatic heterocycles. The van der Waals surface area contributed by atoms with Crippen LogP contribution >= 0.6 is 23.2 Å². The molecule has 0 amide bonds. The predicted octanol–water partition coefficient (Wildman–Crippen LogP) is 3.30. The predicted molar refractivity (Wildman–Crippen MR) is 71.7 cm³/mol. The normalized spacial score (nSPS) is 25.4. The molecule has 1 atom stereocenters. The molecule has 4 heteroatoms. The maximum absolute atomic E-state index is 10.6. The number of benzene rings is 1. The molecule has 1 heterocycles. The Morgan fingerprint density at radius 2 is 2.12 bits per heavy atom. The van der Waals surface area contributed by atoms with Gasteiger partial charge in [0.1, 0.15) is 5.60 Å². The number of hydrogen-bond donors (Lipinski definition) is 1. The number of aliphatic hydroxyl groups is 1. The van der Waals surface area contributed by atoms with E-state index in [1.54, 1.807) is 12.1 Å². The largest absolute Gasteiger partial charge is 0.384 e. The number of hydrogen-bond acceptors (Lipinski definition) is 2. The van der Waals surface area contributed by atoms with Gasteiger partial charge in [-0.1, -0.05) is 36.2 Å². The van der Waals surface area contributed by atoms with Gasteiger partial charge >= 0.3 is 0 Å². The molecule has 17 heavy (non-hydrogen) atoms. The highest BCUT2D eigenvalue weighted by atomic mass is 35.5. The lowest BCUT2D eigenvalue weighted by Gasteiger charge is -2.24. The van der Waals surface area contributed by atoms with Crippen LogP contribution in [0.1, 0.15) is 25.3 Å². The van der Waals surface area contributed by atoms with Gasteiger partial charge < -0.3 is 10.0 Å². The first kappa shape index (κ1) is 13.2. The highest BCUT2D eigenvalue weighted by Gasteiger charge is 2.37. The zero-order valence-corrected chi connectivity index (χ0v) is 11.4. The number of β-amino-alcohol motifs (C(OH)–C–C–N with tert-alkyl or cyclic N) is 1. The fourth-order valence-electron chi connectivity index (χ4n) is 2.40. The molecule has 1 saturated heterocycles. The molecular weight excluding hydrogens is 257 g/mol. The summed E-state index contributed by atoms with van der Waals surface area (Å²) in [5.74, 6) is 0. The molecule has 0 radical (unpaired) electrons. The van der Waals surface area contributed by atoms with Crippen molar-refractivity contribution in [3.05, 3.63) is 33.8 Å². The SMILES string of the molecule is CCCN1CCC(O)(c2ccc(Cl)c(Cl)c2)C1. The lowest BCUT2D eigenvalue weighted by Crippen LogP contribution is -2.31. The van der Waals surface area contributed by atoms with Crippen LogP contribution in [0.15, 0.2) is 18.2 Å². The third kappa shape index (κ3) is 2.76. The minimum atomic E-state index is -0.774. The van der Waals surface area contributed by atoms with E-state index in [-0.39, 0.29) is 0 Å². The number of likely N-dealkylation sites (tertiary alicyclic amines) is 1. The molecule has 0 saturated carbocycles. The lowest BCUT2D eigenvalue weighted by atomic mass is 9.93. The van der Waals surface area contributed by atoms with Crippen LogP contribution in [0.4, 0.5) is 0 Å². The zero-order chi connectivity index (χ0) is 12.5. The molecular formula is C13H17Cl2NO. The van der Waals surface area contributed by atoms with Gasteiger partial charge in [0.15, 0.2) is 0 Å². The van der Waals surface area contributed by atoms with Crippen molar-refractivity contribution in [3.8, 4) is 0 Å². The number of halogens is 2. The molecule has 94 valence electrons. The van der Waals surface area contributed by atoms with Crippen molar-refractivity contribution < 1.29 is 5.11 Å². The van der Waals surface area contributed by atoms with Crippen molar-refractivity contribution in [2.45, 2.75) is 25.4 Å². The Labute approximate surface area is 112 Å². The monoisotopic (exact) mass is 273 g/mol. The van der Waals surface area contributed by atoms with Crippen LogP contribution in [0.3, 0.4) is 0 Å². The highest BCUT2D eigenvalue weighted by molar-refractivity contribution is 6.42. The molecule has 0 spiro atoms. The van der Waals surface area contributed by atoms with E-state index in [9.17, 15) is 5.11 Å². The second-order valence-electron chi connectivity index (χ2n) is 4.69. The van der Waals surface area contributed by atoms with E-state index in [1.165, 1.54) is 0 Å². The Hall–Kier alpha value is -0.280. The first-order chi connectivity index (χ1) is 8.05. The highest BCUT2D eigenvalue weighted by Crippen LogP contribution is 2.35. The molecule has 1 aliphatic rings. The van der Waals surface area contributed by atoms with Gasteiger partial charge in [0.2, 0.25) is 0 Å². The van der Waals surface area contributed by atoms with Crippen molar-refractivity contribution in [2.24, 2.45) is 0 Å². The summed E-state index contributed by atoms with van der Waals surface area (Å²) in [5, 5.41) is 11.7. The fourth-order valence-corrected chi connectivity index (χ4v) is 2.70. The summed E-state index contributed by atoms with van der Waals surface area (Å²) in [6.45, 7) is 4.80.